The van der Waals surface area contributed by atoms with Crippen LogP contribution in [0.5, 0.6) is 0 Å². The number of hydrogen-bond acceptors (Lipinski definition) is 5. The van der Waals surface area contributed by atoms with Gasteiger partial charge in [0.25, 0.3) is 0 Å². The largest absolute Gasteiger partial charge is 0.452 e. The van der Waals surface area contributed by atoms with Crippen LogP contribution in [-0.4, -0.2) is 15.3 Å². The Kier molecular flexibility index (Phi) is 3.10. The van der Waals surface area contributed by atoms with Crippen molar-refractivity contribution in [2.75, 3.05) is 0 Å². The molecule has 0 spiro atoms. The zero-order chi connectivity index (χ0) is 15.0. The van der Waals surface area contributed by atoms with Crippen molar-refractivity contribution in [1.29, 1.82) is 0 Å². The van der Waals surface area contributed by atoms with Gasteiger partial charge in [-0.2, -0.15) is 0 Å². The number of benzene rings is 2. The highest BCUT2D eigenvalue weighted by Gasteiger charge is 2.32. The Bertz CT molecular complexity index is 844. The molecule has 3 rings (SSSR count). The van der Waals surface area contributed by atoms with E-state index in [0.717, 1.165) is 0 Å². The number of para-hydroxylation sites is 1. The molecule has 0 fully saturated rings. The van der Waals surface area contributed by atoms with E-state index in [9.17, 15) is 20.1 Å². The van der Waals surface area contributed by atoms with E-state index in [2.05, 4.69) is 0 Å². The van der Waals surface area contributed by atoms with Gasteiger partial charge in [0, 0.05) is 0 Å². The van der Waals surface area contributed by atoms with Crippen LogP contribution < -0.4 is 5.43 Å². The molecule has 1 heterocycles. The molecule has 0 saturated heterocycles. The van der Waals surface area contributed by atoms with E-state index in [-0.39, 0.29) is 11.1 Å². The normalized spacial score (nSPS) is 11.8. The van der Waals surface area contributed by atoms with Crippen LogP contribution in [0.3, 0.4) is 0 Å². The van der Waals surface area contributed by atoms with E-state index in [1.54, 1.807) is 48.5 Å². The third kappa shape index (κ3) is 2.34. The molecule has 0 bridgehead atoms. The van der Waals surface area contributed by atoms with Crippen molar-refractivity contribution in [3.8, 4) is 11.1 Å². The highest BCUT2D eigenvalue weighted by molar-refractivity contribution is 5.82. The van der Waals surface area contributed by atoms with Crippen molar-refractivity contribution in [3.05, 3.63) is 70.6 Å². The van der Waals surface area contributed by atoms with E-state index >= 15 is 0 Å². The summed E-state index contributed by atoms with van der Waals surface area (Å²) in [6.07, 6.45) is 0. The molecule has 5 nitrogen and oxygen atoms in total. The van der Waals surface area contributed by atoms with Crippen molar-refractivity contribution < 1.29 is 19.7 Å². The molecule has 3 N–H and O–H groups in total. The van der Waals surface area contributed by atoms with Gasteiger partial charge in [0.2, 0.25) is 11.2 Å². The number of rotatable bonds is 2. The number of aliphatic hydroxyl groups is 3. The molecule has 0 unspecified atom stereocenters. The standard InChI is InChI=1S/C16H12O5/c17-14-11-8-4-5-9-12(11)21-15(16(18,19)20)13(14)10-6-2-1-3-7-10/h1-9,18-20H. The molecule has 1 aromatic heterocycles. The zero-order valence-electron chi connectivity index (χ0n) is 10.9. The zero-order valence-corrected chi connectivity index (χ0v) is 10.9. The smallest absolute Gasteiger partial charge is 0.339 e. The van der Waals surface area contributed by atoms with Crippen molar-refractivity contribution in [2.45, 2.75) is 5.97 Å². The van der Waals surface area contributed by atoms with Crippen molar-refractivity contribution in [1.82, 2.24) is 0 Å². The SMILES string of the molecule is O=c1c(-c2ccccc2)c(C(O)(O)O)oc2ccccc12. The van der Waals surface area contributed by atoms with E-state index in [1.165, 1.54) is 6.07 Å². The molecule has 0 radical (unpaired) electrons. The highest BCUT2D eigenvalue weighted by atomic mass is 16.7. The van der Waals surface area contributed by atoms with Gasteiger partial charge in [0.15, 0.2) is 0 Å². The summed E-state index contributed by atoms with van der Waals surface area (Å²) < 4.78 is 5.34. The molecule has 0 amide bonds. The van der Waals surface area contributed by atoms with Crippen LogP contribution in [-0.2, 0) is 5.97 Å². The lowest BCUT2D eigenvalue weighted by atomic mass is 10.0. The molecule has 21 heavy (non-hydrogen) atoms. The maximum atomic E-state index is 12.6. The lowest BCUT2D eigenvalue weighted by molar-refractivity contribution is -0.332. The fourth-order valence-corrected chi connectivity index (χ4v) is 2.25. The second-order valence-corrected chi connectivity index (χ2v) is 4.63. The minimum absolute atomic E-state index is 0.0817. The molecule has 0 aliphatic carbocycles. The first-order valence-corrected chi connectivity index (χ1v) is 6.27. The molecule has 3 aromatic rings. The summed E-state index contributed by atoms with van der Waals surface area (Å²) in [6, 6.07) is 14.8. The summed E-state index contributed by atoms with van der Waals surface area (Å²) in [5, 5.41) is 28.8. The number of fused-ring (bicyclic) bond motifs is 1. The molecule has 5 heteroatoms. The first kappa shape index (κ1) is 13.5. The van der Waals surface area contributed by atoms with Crippen LogP contribution in [0.25, 0.3) is 22.1 Å². The Balaban J connectivity index is 2.46. The summed E-state index contributed by atoms with van der Waals surface area (Å²) in [5.41, 5.74) is 0.0635. The minimum atomic E-state index is -3.24. The Hall–Kier alpha value is -2.47. The molecule has 0 atom stereocenters. The summed E-state index contributed by atoms with van der Waals surface area (Å²) in [5.74, 6) is -3.84. The van der Waals surface area contributed by atoms with Gasteiger partial charge in [0.05, 0.1) is 10.9 Å². The van der Waals surface area contributed by atoms with E-state index in [0.29, 0.717) is 10.9 Å². The second kappa shape index (κ2) is 4.82. The Morgan fingerprint density at radius 3 is 2.14 bits per heavy atom. The maximum Gasteiger partial charge on any atom is 0.339 e. The van der Waals surface area contributed by atoms with Crippen molar-refractivity contribution in [3.63, 3.8) is 0 Å². The van der Waals surface area contributed by atoms with Crippen LogP contribution in [0, 0.1) is 0 Å². The van der Waals surface area contributed by atoms with Crippen molar-refractivity contribution >= 4 is 11.0 Å². The second-order valence-electron chi connectivity index (χ2n) is 4.63. The average Bonchev–Trinajstić information content (AvgIpc) is 2.47. The predicted molar refractivity (Wildman–Crippen MR) is 76.3 cm³/mol. The Morgan fingerprint density at radius 1 is 0.857 bits per heavy atom. The van der Waals surface area contributed by atoms with Crippen LogP contribution in [0.4, 0.5) is 0 Å². The third-order valence-electron chi connectivity index (χ3n) is 3.16. The van der Waals surface area contributed by atoms with E-state index < -0.39 is 17.2 Å². The number of hydrogen-bond donors (Lipinski definition) is 3. The fourth-order valence-electron chi connectivity index (χ4n) is 2.25. The van der Waals surface area contributed by atoms with Gasteiger partial charge < -0.3 is 19.7 Å². The average molecular weight is 284 g/mol. The summed E-state index contributed by atoms with van der Waals surface area (Å²) in [6.45, 7) is 0. The molecule has 2 aromatic carbocycles. The van der Waals surface area contributed by atoms with Crippen LogP contribution in [0.2, 0.25) is 0 Å². The molecular formula is C16H12O5. The summed E-state index contributed by atoms with van der Waals surface area (Å²) >= 11 is 0. The maximum absolute atomic E-state index is 12.6. The third-order valence-corrected chi connectivity index (χ3v) is 3.16. The van der Waals surface area contributed by atoms with Gasteiger partial charge >= 0.3 is 5.97 Å². The molecule has 106 valence electrons. The Labute approximate surface area is 119 Å². The van der Waals surface area contributed by atoms with Gasteiger partial charge in [-0.05, 0) is 17.7 Å². The van der Waals surface area contributed by atoms with Crippen LogP contribution in [0.1, 0.15) is 5.76 Å². The van der Waals surface area contributed by atoms with E-state index in [4.69, 9.17) is 4.42 Å². The van der Waals surface area contributed by atoms with Gasteiger partial charge in [-0.15, -0.1) is 0 Å². The highest BCUT2D eigenvalue weighted by Crippen LogP contribution is 2.29. The van der Waals surface area contributed by atoms with E-state index in [1.807, 2.05) is 0 Å². The van der Waals surface area contributed by atoms with Gasteiger partial charge in [0.1, 0.15) is 5.58 Å². The quantitative estimate of drug-likeness (QED) is 0.621. The first-order chi connectivity index (χ1) is 9.98. The predicted octanol–water partition coefficient (Wildman–Crippen LogP) is 1.55. The fraction of sp³-hybridized carbons (Fsp3) is 0.0625. The molecular weight excluding hydrogens is 272 g/mol. The Morgan fingerprint density at radius 2 is 1.48 bits per heavy atom. The lowest BCUT2D eigenvalue weighted by Crippen LogP contribution is -2.27. The monoisotopic (exact) mass is 284 g/mol. The molecule has 0 aliphatic rings. The van der Waals surface area contributed by atoms with Crippen LogP contribution in [0.15, 0.2) is 63.8 Å². The summed E-state index contributed by atoms with van der Waals surface area (Å²) in [7, 11) is 0. The van der Waals surface area contributed by atoms with Gasteiger partial charge in [-0.1, -0.05) is 42.5 Å². The molecule has 0 aliphatic heterocycles. The lowest BCUT2D eigenvalue weighted by Gasteiger charge is -2.17. The van der Waals surface area contributed by atoms with Crippen LogP contribution >= 0.6 is 0 Å². The minimum Gasteiger partial charge on any atom is -0.452 e. The van der Waals surface area contributed by atoms with Gasteiger partial charge in [-0.3, -0.25) is 4.79 Å². The van der Waals surface area contributed by atoms with Crippen molar-refractivity contribution in [2.24, 2.45) is 0 Å². The first-order valence-electron chi connectivity index (χ1n) is 6.27. The molecule has 0 saturated carbocycles. The van der Waals surface area contributed by atoms with Gasteiger partial charge in [-0.25, -0.2) is 0 Å². The summed E-state index contributed by atoms with van der Waals surface area (Å²) in [4.78, 5) is 12.6. The topological polar surface area (TPSA) is 90.9 Å².